The van der Waals surface area contributed by atoms with E-state index in [1.165, 1.54) is 4.90 Å². The Labute approximate surface area is 99.3 Å². The van der Waals surface area contributed by atoms with Gasteiger partial charge in [0.05, 0.1) is 0 Å². The normalized spacial score (nSPS) is 10.0. The van der Waals surface area contributed by atoms with Crippen LogP contribution in [0.4, 0.5) is 5.95 Å². The average molecular weight is 231 g/mol. The molecule has 1 heterocycles. The van der Waals surface area contributed by atoms with Crippen molar-refractivity contribution in [2.24, 2.45) is 0 Å². The van der Waals surface area contributed by atoms with Crippen LogP contribution in [-0.4, -0.2) is 22.3 Å². The predicted molar refractivity (Wildman–Crippen MR) is 67.7 cm³/mol. The summed E-state index contributed by atoms with van der Waals surface area (Å²) in [6, 6.07) is 12.2. The van der Waals surface area contributed by atoms with E-state index in [1.807, 2.05) is 23.9 Å². The number of nitrogens with zero attached hydrogens (tertiary/aromatic N) is 2. The van der Waals surface area contributed by atoms with Crippen molar-refractivity contribution in [1.29, 1.82) is 0 Å². The zero-order valence-electron chi connectivity index (χ0n) is 8.84. The number of benzene rings is 1. The molecule has 16 heavy (non-hydrogen) atoms. The number of thioether (sulfide) groups is 1. The van der Waals surface area contributed by atoms with Gasteiger partial charge in [-0.05, 0) is 18.2 Å². The molecular weight excluding hydrogens is 218 g/mol. The molecule has 0 amide bonds. The second-order valence-electron chi connectivity index (χ2n) is 3.16. The van der Waals surface area contributed by atoms with Gasteiger partial charge in [-0.2, -0.15) is 0 Å². The molecule has 0 aliphatic heterocycles. The van der Waals surface area contributed by atoms with Crippen LogP contribution in [0.3, 0.4) is 0 Å². The zero-order valence-corrected chi connectivity index (χ0v) is 9.65. The van der Waals surface area contributed by atoms with E-state index in [2.05, 4.69) is 39.6 Å². The Morgan fingerprint density at radius 2 is 1.75 bits per heavy atom. The molecular formula is C12H13N3S. The Balaban J connectivity index is 1.70. The Kier molecular flexibility index (Phi) is 4.19. The van der Waals surface area contributed by atoms with Crippen molar-refractivity contribution in [2.75, 3.05) is 17.6 Å². The summed E-state index contributed by atoms with van der Waals surface area (Å²) in [5.41, 5.74) is 0. The quantitative estimate of drug-likeness (QED) is 0.634. The fourth-order valence-electron chi connectivity index (χ4n) is 1.24. The van der Waals surface area contributed by atoms with Crippen molar-refractivity contribution in [3.63, 3.8) is 0 Å². The molecule has 0 aliphatic carbocycles. The molecule has 0 saturated heterocycles. The number of rotatable bonds is 5. The first-order valence-electron chi connectivity index (χ1n) is 5.14. The van der Waals surface area contributed by atoms with E-state index in [0.29, 0.717) is 5.95 Å². The highest BCUT2D eigenvalue weighted by Crippen LogP contribution is 2.16. The smallest absolute Gasteiger partial charge is 0.222 e. The Morgan fingerprint density at radius 3 is 2.50 bits per heavy atom. The molecule has 4 heteroatoms. The van der Waals surface area contributed by atoms with E-state index in [4.69, 9.17) is 0 Å². The maximum absolute atomic E-state index is 4.09. The van der Waals surface area contributed by atoms with E-state index in [1.54, 1.807) is 12.4 Å². The summed E-state index contributed by atoms with van der Waals surface area (Å²) in [5.74, 6) is 1.69. The Morgan fingerprint density at radius 1 is 1.00 bits per heavy atom. The molecule has 3 nitrogen and oxygen atoms in total. The summed E-state index contributed by atoms with van der Waals surface area (Å²) in [6.45, 7) is 0.865. The molecule has 0 aliphatic rings. The molecule has 0 atom stereocenters. The van der Waals surface area contributed by atoms with Gasteiger partial charge in [-0.25, -0.2) is 9.97 Å². The molecule has 0 bridgehead atoms. The molecule has 0 fully saturated rings. The number of nitrogens with one attached hydrogen (secondary N) is 1. The van der Waals surface area contributed by atoms with Crippen molar-refractivity contribution in [3.8, 4) is 0 Å². The minimum Gasteiger partial charge on any atom is -0.353 e. The maximum Gasteiger partial charge on any atom is 0.222 e. The van der Waals surface area contributed by atoms with Crippen LogP contribution in [0.1, 0.15) is 0 Å². The summed E-state index contributed by atoms with van der Waals surface area (Å²) >= 11 is 1.82. The lowest BCUT2D eigenvalue weighted by Gasteiger charge is -2.03. The molecule has 1 aromatic heterocycles. The molecule has 0 radical (unpaired) electrons. The first kappa shape index (κ1) is 11.0. The Hall–Kier alpha value is -1.55. The lowest BCUT2D eigenvalue weighted by atomic mass is 10.4. The summed E-state index contributed by atoms with van der Waals surface area (Å²) < 4.78 is 0. The van der Waals surface area contributed by atoms with Crippen LogP contribution in [0.2, 0.25) is 0 Å². The molecule has 82 valence electrons. The van der Waals surface area contributed by atoms with Crippen LogP contribution in [0.25, 0.3) is 0 Å². The molecule has 0 spiro atoms. The van der Waals surface area contributed by atoms with Crippen molar-refractivity contribution < 1.29 is 0 Å². The minimum absolute atomic E-state index is 0.691. The Bertz CT molecular complexity index is 364. The van der Waals surface area contributed by atoms with Crippen LogP contribution in [0.5, 0.6) is 0 Å². The van der Waals surface area contributed by atoms with E-state index in [-0.39, 0.29) is 0 Å². The monoisotopic (exact) mass is 231 g/mol. The summed E-state index contributed by atoms with van der Waals surface area (Å²) in [4.78, 5) is 9.47. The highest BCUT2D eigenvalue weighted by atomic mass is 32.2. The van der Waals surface area contributed by atoms with Crippen LogP contribution >= 0.6 is 11.8 Å². The lowest BCUT2D eigenvalue weighted by Crippen LogP contribution is -2.06. The summed E-state index contributed by atoms with van der Waals surface area (Å²) in [5, 5.41) is 3.17. The predicted octanol–water partition coefficient (Wildman–Crippen LogP) is 2.68. The highest BCUT2D eigenvalue weighted by Gasteiger charge is 1.94. The van der Waals surface area contributed by atoms with Crippen LogP contribution in [0.15, 0.2) is 53.7 Å². The third kappa shape index (κ3) is 3.55. The van der Waals surface area contributed by atoms with Gasteiger partial charge in [-0.1, -0.05) is 18.2 Å². The van der Waals surface area contributed by atoms with Gasteiger partial charge in [-0.15, -0.1) is 11.8 Å². The third-order valence-electron chi connectivity index (χ3n) is 1.96. The van der Waals surface area contributed by atoms with Gasteiger partial charge in [0, 0.05) is 29.6 Å². The standard InChI is InChI=1S/C12H13N3S/c1-2-5-11(6-3-1)16-10-9-15-12-13-7-4-8-14-12/h1-8H,9-10H2,(H,13,14,15). The van der Waals surface area contributed by atoms with E-state index < -0.39 is 0 Å². The van der Waals surface area contributed by atoms with Gasteiger partial charge < -0.3 is 5.32 Å². The van der Waals surface area contributed by atoms with Gasteiger partial charge >= 0.3 is 0 Å². The fourth-order valence-corrected chi connectivity index (χ4v) is 2.03. The van der Waals surface area contributed by atoms with Crippen molar-refractivity contribution in [3.05, 3.63) is 48.8 Å². The van der Waals surface area contributed by atoms with Crippen molar-refractivity contribution in [2.45, 2.75) is 4.90 Å². The molecule has 0 unspecified atom stereocenters. The number of anilines is 1. The number of aromatic nitrogens is 2. The maximum atomic E-state index is 4.09. The van der Waals surface area contributed by atoms with Crippen molar-refractivity contribution in [1.82, 2.24) is 9.97 Å². The van der Waals surface area contributed by atoms with E-state index in [0.717, 1.165) is 12.3 Å². The average Bonchev–Trinajstić information content (AvgIpc) is 2.37. The zero-order chi connectivity index (χ0) is 11.1. The van der Waals surface area contributed by atoms with E-state index in [9.17, 15) is 0 Å². The highest BCUT2D eigenvalue weighted by molar-refractivity contribution is 7.99. The second-order valence-corrected chi connectivity index (χ2v) is 4.33. The van der Waals surface area contributed by atoms with Crippen LogP contribution in [-0.2, 0) is 0 Å². The van der Waals surface area contributed by atoms with Crippen LogP contribution in [0, 0.1) is 0 Å². The molecule has 1 aromatic carbocycles. The topological polar surface area (TPSA) is 37.8 Å². The summed E-state index contributed by atoms with van der Waals surface area (Å²) in [6.07, 6.45) is 3.47. The molecule has 2 rings (SSSR count). The van der Waals surface area contributed by atoms with Gasteiger partial charge in [0.2, 0.25) is 5.95 Å². The molecule has 0 saturated carbocycles. The molecule has 2 aromatic rings. The number of hydrogen-bond donors (Lipinski definition) is 1. The number of hydrogen-bond acceptors (Lipinski definition) is 4. The minimum atomic E-state index is 0.691. The van der Waals surface area contributed by atoms with Gasteiger partial charge in [0.1, 0.15) is 0 Å². The summed E-state index contributed by atoms with van der Waals surface area (Å²) in [7, 11) is 0. The van der Waals surface area contributed by atoms with Crippen LogP contribution < -0.4 is 5.32 Å². The lowest BCUT2D eigenvalue weighted by molar-refractivity contribution is 1.09. The van der Waals surface area contributed by atoms with Gasteiger partial charge in [0.25, 0.3) is 0 Å². The van der Waals surface area contributed by atoms with Gasteiger partial charge in [-0.3, -0.25) is 0 Å². The third-order valence-corrected chi connectivity index (χ3v) is 2.98. The first-order valence-corrected chi connectivity index (χ1v) is 6.12. The van der Waals surface area contributed by atoms with Crippen molar-refractivity contribution >= 4 is 17.7 Å². The molecule has 1 N–H and O–H groups in total. The fraction of sp³-hybridized carbons (Fsp3) is 0.167. The SMILES string of the molecule is c1ccc(SCCNc2ncccn2)cc1. The first-order chi connectivity index (χ1) is 7.95. The van der Waals surface area contributed by atoms with E-state index >= 15 is 0 Å². The largest absolute Gasteiger partial charge is 0.353 e. The van der Waals surface area contributed by atoms with Gasteiger partial charge in [0.15, 0.2) is 0 Å². The second kappa shape index (κ2) is 6.12.